The number of hydrogen-bond donors (Lipinski definition) is 2. The van der Waals surface area contributed by atoms with Crippen LogP contribution in [-0.4, -0.2) is 76.1 Å². The Bertz CT molecular complexity index is 1270. The highest BCUT2D eigenvalue weighted by atomic mass is 16.6. The van der Waals surface area contributed by atoms with Crippen molar-refractivity contribution in [1.29, 1.82) is 0 Å². The lowest BCUT2D eigenvalue weighted by Gasteiger charge is -2.61. The van der Waals surface area contributed by atoms with Crippen molar-refractivity contribution in [1.82, 2.24) is 4.90 Å². The van der Waals surface area contributed by atoms with Crippen LogP contribution in [0.4, 0.5) is 0 Å². The first-order valence-electron chi connectivity index (χ1n) is 13.9. The molecule has 1 aromatic carbocycles. The SMILES string of the molecule is C[C@H](OC(=O)C[C@H](C)C(=O)OC(C)(C)C)C(=O)OC1=CC[C@@]2(O)[C@H]3Cc4ccc(CO)c5c4[C@@]2(CCN3C)[C@H]1O5. The summed E-state index contributed by atoms with van der Waals surface area (Å²) in [5.41, 5.74) is -0.0976. The van der Waals surface area contributed by atoms with E-state index in [0.29, 0.717) is 24.2 Å². The van der Waals surface area contributed by atoms with Crippen LogP contribution in [0.25, 0.3) is 0 Å². The largest absolute Gasteiger partial charge is 0.481 e. The van der Waals surface area contributed by atoms with Crippen molar-refractivity contribution in [2.75, 3.05) is 13.6 Å². The molecule has 0 amide bonds. The second kappa shape index (κ2) is 9.85. The van der Waals surface area contributed by atoms with Gasteiger partial charge in [-0.1, -0.05) is 19.1 Å². The Morgan fingerprint density at radius 3 is 2.60 bits per heavy atom. The van der Waals surface area contributed by atoms with Crippen molar-refractivity contribution in [3.63, 3.8) is 0 Å². The molecule has 0 aromatic heterocycles. The molecule has 2 N–H and O–H groups in total. The van der Waals surface area contributed by atoms with Crippen molar-refractivity contribution in [3.05, 3.63) is 40.7 Å². The van der Waals surface area contributed by atoms with Crippen LogP contribution in [-0.2, 0) is 47.0 Å². The summed E-state index contributed by atoms with van der Waals surface area (Å²) in [6.07, 6.45) is 0.933. The number of aliphatic hydroxyl groups is 2. The molecule has 0 saturated carbocycles. The summed E-state index contributed by atoms with van der Waals surface area (Å²) >= 11 is 0. The first-order chi connectivity index (χ1) is 18.7. The third-order valence-electron chi connectivity index (χ3n) is 8.77. The first kappa shape index (κ1) is 28.6. The van der Waals surface area contributed by atoms with Gasteiger partial charge in [0.1, 0.15) is 17.1 Å². The maximum atomic E-state index is 13.1. The number of carbonyl (C=O) groups excluding carboxylic acids is 3. The van der Waals surface area contributed by atoms with Crippen molar-refractivity contribution >= 4 is 17.9 Å². The lowest BCUT2D eigenvalue weighted by atomic mass is 9.50. The van der Waals surface area contributed by atoms with E-state index >= 15 is 0 Å². The zero-order valence-electron chi connectivity index (χ0n) is 24.0. The zero-order chi connectivity index (χ0) is 29.2. The fourth-order valence-electron chi connectivity index (χ4n) is 6.86. The zero-order valence-corrected chi connectivity index (χ0v) is 24.0. The monoisotopic (exact) mass is 557 g/mol. The molecule has 218 valence electrons. The van der Waals surface area contributed by atoms with Crippen LogP contribution < -0.4 is 4.74 Å². The third kappa shape index (κ3) is 4.40. The maximum absolute atomic E-state index is 13.1. The number of benzene rings is 1. The minimum Gasteiger partial charge on any atom is -0.481 e. The van der Waals surface area contributed by atoms with Crippen LogP contribution >= 0.6 is 0 Å². The van der Waals surface area contributed by atoms with Gasteiger partial charge in [-0.05, 0) is 65.8 Å². The van der Waals surface area contributed by atoms with Gasteiger partial charge in [0, 0.05) is 23.6 Å². The molecule has 0 unspecified atom stereocenters. The first-order valence-corrected chi connectivity index (χ1v) is 13.9. The highest BCUT2D eigenvalue weighted by Gasteiger charge is 2.71. The fraction of sp³-hybridized carbons (Fsp3) is 0.633. The standard InChI is InChI=1S/C30H39NO9/c1-16(26(34)40-28(3,4)5)13-22(33)37-17(2)27(35)38-20-9-10-30(36)21-14-18-7-8-19(15-32)24-23(18)29(30,25(20)39-24)11-12-31(21)6/h7-9,16-17,21,25,32,36H,10-15H2,1-6H3/t16-,17-,21+,25-,29-,30+/m0/s1. The van der Waals surface area contributed by atoms with E-state index in [-0.39, 0.29) is 31.2 Å². The molecule has 2 bridgehead atoms. The number of hydrogen-bond acceptors (Lipinski definition) is 10. The Balaban J connectivity index is 1.34. The molecule has 10 nitrogen and oxygen atoms in total. The van der Waals surface area contributed by atoms with Gasteiger partial charge >= 0.3 is 17.9 Å². The number of nitrogens with zero attached hydrogens (tertiary/aromatic N) is 1. The Morgan fingerprint density at radius 2 is 1.93 bits per heavy atom. The van der Waals surface area contributed by atoms with Crippen LogP contribution in [0.3, 0.4) is 0 Å². The van der Waals surface area contributed by atoms with E-state index in [9.17, 15) is 24.6 Å². The minimum atomic E-state index is -1.23. The lowest BCUT2D eigenvalue weighted by Crippen LogP contribution is -2.74. The summed E-state index contributed by atoms with van der Waals surface area (Å²) in [6, 6.07) is 3.69. The number of ether oxygens (including phenoxy) is 4. The summed E-state index contributed by atoms with van der Waals surface area (Å²) in [5, 5.41) is 22.3. The number of aliphatic hydroxyl groups excluding tert-OH is 1. The van der Waals surface area contributed by atoms with Gasteiger partial charge in [-0.15, -0.1) is 0 Å². The molecule has 0 radical (unpaired) electrons. The fourth-order valence-corrected chi connectivity index (χ4v) is 6.86. The lowest BCUT2D eigenvalue weighted by molar-refractivity contribution is -0.176. The molecule has 2 aliphatic carbocycles. The molecular formula is C30H39NO9. The van der Waals surface area contributed by atoms with E-state index in [1.807, 2.05) is 19.2 Å². The quantitative estimate of drug-likeness (QED) is 0.380. The Kier molecular flexibility index (Phi) is 7.04. The number of rotatable bonds is 7. The predicted octanol–water partition coefficient (Wildman–Crippen LogP) is 2.30. The van der Waals surface area contributed by atoms with Gasteiger partial charge in [0.2, 0.25) is 0 Å². The van der Waals surface area contributed by atoms with Gasteiger partial charge < -0.3 is 34.1 Å². The van der Waals surface area contributed by atoms with Gasteiger partial charge in [-0.3, -0.25) is 9.59 Å². The number of piperidine rings is 1. The van der Waals surface area contributed by atoms with Crippen molar-refractivity contribution in [3.8, 4) is 5.75 Å². The topological polar surface area (TPSA) is 132 Å². The van der Waals surface area contributed by atoms with Gasteiger partial charge in [0.25, 0.3) is 0 Å². The molecule has 2 aliphatic heterocycles. The molecule has 6 atom stereocenters. The molecule has 5 rings (SSSR count). The van der Waals surface area contributed by atoms with E-state index in [1.54, 1.807) is 33.8 Å². The molecule has 10 heteroatoms. The van der Waals surface area contributed by atoms with Crippen molar-refractivity contribution in [2.24, 2.45) is 5.92 Å². The molecular weight excluding hydrogens is 518 g/mol. The molecule has 1 spiro atoms. The minimum absolute atomic E-state index is 0.147. The van der Waals surface area contributed by atoms with E-state index < -0.39 is 52.7 Å². The average molecular weight is 558 g/mol. The number of carbonyl (C=O) groups is 3. The average Bonchev–Trinajstić information content (AvgIpc) is 3.22. The summed E-state index contributed by atoms with van der Waals surface area (Å²) < 4.78 is 22.9. The molecule has 1 saturated heterocycles. The van der Waals surface area contributed by atoms with E-state index in [0.717, 1.165) is 17.7 Å². The Hall–Kier alpha value is -2.95. The van der Waals surface area contributed by atoms with Crippen molar-refractivity contribution < 1.29 is 43.5 Å². The summed E-state index contributed by atoms with van der Waals surface area (Å²) in [6.45, 7) is 8.70. The number of esters is 3. The van der Waals surface area contributed by atoms with Crippen molar-refractivity contribution in [2.45, 2.75) is 102 Å². The Labute approximate surface area is 234 Å². The van der Waals surface area contributed by atoms with E-state index in [2.05, 4.69) is 4.90 Å². The van der Waals surface area contributed by atoms with E-state index in [1.165, 1.54) is 6.92 Å². The third-order valence-corrected chi connectivity index (χ3v) is 8.77. The highest BCUT2D eigenvalue weighted by Crippen LogP contribution is 2.64. The van der Waals surface area contributed by atoms with E-state index in [4.69, 9.17) is 18.9 Å². The van der Waals surface area contributed by atoms with Crippen LogP contribution in [0.2, 0.25) is 0 Å². The summed E-state index contributed by atoms with van der Waals surface area (Å²) in [4.78, 5) is 40.0. The second-order valence-corrected chi connectivity index (χ2v) is 12.6. The molecule has 1 aromatic rings. The molecule has 4 aliphatic rings. The second-order valence-electron chi connectivity index (χ2n) is 12.6. The number of likely N-dealkylation sites (tertiary alicyclic amines) is 1. The van der Waals surface area contributed by atoms with Crippen LogP contribution in [0.1, 0.15) is 70.6 Å². The number of likely N-dealkylation sites (N-methyl/N-ethyl adjacent to an activating group) is 1. The molecule has 2 heterocycles. The molecule has 40 heavy (non-hydrogen) atoms. The van der Waals surface area contributed by atoms with Gasteiger partial charge in [-0.2, -0.15) is 0 Å². The van der Waals surface area contributed by atoms with Gasteiger partial charge in [0.15, 0.2) is 12.2 Å². The van der Waals surface area contributed by atoms with Crippen LogP contribution in [0.5, 0.6) is 5.75 Å². The highest BCUT2D eigenvalue weighted by molar-refractivity contribution is 5.83. The summed E-state index contributed by atoms with van der Waals surface area (Å²) in [5.74, 6) is -1.96. The maximum Gasteiger partial charge on any atom is 0.352 e. The normalized spacial score (nSPS) is 29.9. The molecule has 1 fully saturated rings. The van der Waals surface area contributed by atoms with Gasteiger partial charge in [0.05, 0.1) is 30.0 Å². The van der Waals surface area contributed by atoms with Gasteiger partial charge in [-0.25, -0.2) is 4.79 Å². The smallest absolute Gasteiger partial charge is 0.352 e. The van der Waals surface area contributed by atoms with Crippen LogP contribution in [0, 0.1) is 5.92 Å². The van der Waals surface area contributed by atoms with Crippen LogP contribution in [0.15, 0.2) is 24.0 Å². The Morgan fingerprint density at radius 1 is 1.20 bits per heavy atom. The summed E-state index contributed by atoms with van der Waals surface area (Å²) in [7, 11) is 2.01. The predicted molar refractivity (Wildman–Crippen MR) is 142 cm³/mol.